The second-order valence-electron chi connectivity index (χ2n) is 5.71. The zero-order valence-corrected chi connectivity index (χ0v) is 12.1. The molecule has 2 N–H and O–H groups in total. The van der Waals surface area contributed by atoms with Crippen LogP contribution in [0.2, 0.25) is 0 Å². The Morgan fingerprint density at radius 2 is 1.81 bits per heavy atom. The Kier molecular flexibility index (Phi) is 4.51. The van der Waals surface area contributed by atoms with Crippen LogP contribution in [0, 0.1) is 5.82 Å². The maximum atomic E-state index is 12.9. The van der Waals surface area contributed by atoms with Gasteiger partial charge in [-0.3, -0.25) is 0 Å². The zero-order valence-electron chi connectivity index (χ0n) is 12.1. The van der Waals surface area contributed by atoms with Gasteiger partial charge >= 0.3 is 0 Å². The van der Waals surface area contributed by atoms with Crippen LogP contribution in [0.25, 0.3) is 0 Å². The number of rotatable bonds is 5. The van der Waals surface area contributed by atoms with Crippen LogP contribution in [0.3, 0.4) is 0 Å². The highest BCUT2D eigenvalue weighted by Gasteiger charge is 2.23. The van der Waals surface area contributed by atoms with E-state index in [-0.39, 0.29) is 5.82 Å². The summed E-state index contributed by atoms with van der Waals surface area (Å²) in [5, 5.41) is 7.14. The molecule has 0 amide bonds. The Labute approximate surface area is 125 Å². The summed E-state index contributed by atoms with van der Waals surface area (Å²) < 4.78 is 12.9. The maximum absolute atomic E-state index is 12.9. The molecule has 0 spiro atoms. The monoisotopic (exact) mass is 284 g/mol. The van der Waals surface area contributed by atoms with Crippen LogP contribution in [0.15, 0.2) is 54.6 Å². The van der Waals surface area contributed by atoms with E-state index in [0.29, 0.717) is 12.1 Å². The van der Waals surface area contributed by atoms with Gasteiger partial charge in [-0.25, -0.2) is 4.39 Å². The standard InChI is InChI=1S/C18H21FN2/c19-15-9-6-14(7-10-15)8-11-17-12-18(13-20-17)21-16-4-2-1-3-5-16/h1-7,9-10,17-18,20-21H,8,11-13H2. The van der Waals surface area contributed by atoms with Gasteiger partial charge in [0.05, 0.1) is 0 Å². The predicted octanol–water partition coefficient (Wildman–Crippen LogP) is 3.60. The fourth-order valence-electron chi connectivity index (χ4n) is 2.91. The molecule has 0 radical (unpaired) electrons. The van der Waals surface area contributed by atoms with E-state index in [9.17, 15) is 4.39 Å². The molecule has 3 heteroatoms. The minimum Gasteiger partial charge on any atom is -0.381 e. The Morgan fingerprint density at radius 1 is 1.05 bits per heavy atom. The van der Waals surface area contributed by atoms with Crippen molar-refractivity contribution in [2.24, 2.45) is 0 Å². The highest BCUT2D eigenvalue weighted by atomic mass is 19.1. The third-order valence-electron chi connectivity index (χ3n) is 4.06. The van der Waals surface area contributed by atoms with E-state index in [2.05, 4.69) is 34.9 Å². The first kappa shape index (κ1) is 14.1. The number of aryl methyl sites for hydroxylation is 1. The first-order valence-corrected chi connectivity index (χ1v) is 7.59. The van der Waals surface area contributed by atoms with Crippen molar-refractivity contribution in [3.8, 4) is 0 Å². The van der Waals surface area contributed by atoms with Gasteiger partial charge in [0.15, 0.2) is 0 Å². The van der Waals surface area contributed by atoms with Gasteiger partial charge in [-0.1, -0.05) is 30.3 Å². The average Bonchev–Trinajstić information content (AvgIpc) is 2.95. The molecule has 2 aromatic rings. The van der Waals surface area contributed by atoms with Crippen LogP contribution < -0.4 is 10.6 Å². The normalized spacial score (nSPS) is 21.4. The first-order valence-electron chi connectivity index (χ1n) is 7.59. The number of hydrogen-bond acceptors (Lipinski definition) is 2. The van der Waals surface area contributed by atoms with Crippen molar-refractivity contribution < 1.29 is 4.39 Å². The average molecular weight is 284 g/mol. The van der Waals surface area contributed by atoms with Crippen molar-refractivity contribution in [1.82, 2.24) is 5.32 Å². The zero-order chi connectivity index (χ0) is 14.5. The van der Waals surface area contributed by atoms with Gasteiger partial charge in [-0.15, -0.1) is 0 Å². The van der Waals surface area contributed by atoms with Gasteiger partial charge in [0, 0.05) is 24.3 Å². The molecule has 1 heterocycles. The first-order chi connectivity index (χ1) is 10.3. The third kappa shape index (κ3) is 4.05. The van der Waals surface area contributed by atoms with Crippen molar-refractivity contribution in [3.63, 3.8) is 0 Å². The largest absolute Gasteiger partial charge is 0.381 e. The summed E-state index contributed by atoms with van der Waals surface area (Å²) in [7, 11) is 0. The lowest BCUT2D eigenvalue weighted by Crippen LogP contribution is -2.23. The fraction of sp³-hybridized carbons (Fsp3) is 0.333. The molecule has 3 rings (SSSR count). The molecule has 0 aromatic heterocycles. The molecule has 0 bridgehead atoms. The number of para-hydroxylation sites is 1. The van der Waals surface area contributed by atoms with Crippen LogP contribution in [-0.2, 0) is 6.42 Å². The molecule has 2 unspecified atom stereocenters. The van der Waals surface area contributed by atoms with Gasteiger partial charge in [0.1, 0.15) is 5.82 Å². The molecular weight excluding hydrogens is 263 g/mol. The lowest BCUT2D eigenvalue weighted by Gasteiger charge is -2.13. The SMILES string of the molecule is Fc1ccc(CCC2CC(Nc3ccccc3)CN2)cc1. The van der Waals surface area contributed by atoms with Gasteiger partial charge in [0.25, 0.3) is 0 Å². The number of hydrogen-bond donors (Lipinski definition) is 2. The van der Waals surface area contributed by atoms with Crippen LogP contribution in [0.4, 0.5) is 10.1 Å². The minimum atomic E-state index is -0.162. The summed E-state index contributed by atoms with van der Waals surface area (Å²) in [6.45, 7) is 1.00. The Hall–Kier alpha value is -1.87. The minimum absolute atomic E-state index is 0.162. The highest BCUT2D eigenvalue weighted by Crippen LogP contribution is 2.17. The molecule has 0 saturated carbocycles. The smallest absolute Gasteiger partial charge is 0.123 e. The Morgan fingerprint density at radius 3 is 2.57 bits per heavy atom. The van der Waals surface area contributed by atoms with E-state index in [4.69, 9.17) is 0 Å². The second-order valence-corrected chi connectivity index (χ2v) is 5.71. The topological polar surface area (TPSA) is 24.1 Å². The maximum Gasteiger partial charge on any atom is 0.123 e. The predicted molar refractivity (Wildman–Crippen MR) is 85.0 cm³/mol. The van der Waals surface area contributed by atoms with Crippen LogP contribution >= 0.6 is 0 Å². The summed E-state index contributed by atoms with van der Waals surface area (Å²) in [6, 6.07) is 18.2. The molecule has 21 heavy (non-hydrogen) atoms. The van der Waals surface area contributed by atoms with Crippen molar-refractivity contribution in [2.45, 2.75) is 31.3 Å². The number of halogens is 1. The Balaban J connectivity index is 1.45. The van der Waals surface area contributed by atoms with Crippen molar-refractivity contribution in [1.29, 1.82) is 0 Å². The summed E-state index contributed by atoms with van der Waals surface area (Å²) in [5.41, 5.74) is 2.39. The molecular formula is C18H21FN2. The lowest BCUT2D eigenvalue weighted by molar-refractivity contribution is 0.556. The van der Waals surface area contributed by atoms with E-state index in [1.807, 2.05) is 18.2 Å². The molecule has 110 valence electrons. The second kappa shape index (κ2) is 6.72. The van der Waals surface area contributed by atoms with Gasteiger partial charge < -0.3 is 10.6 Å². The molecule has 2 atom stereocenters. The number of benzene rings is 2. The molecule has 1 fully saturated rings. The summed E-state index contributed by atoms with van der Waals surface area (Å²) in [4.78, 5) is 0. The van der Waals surface area contributed by atoms with Gasteiger partial charge in [-0.05, 0) is 49.1 Å². The molecule has 1 aliphatic heterocycles. The van der Waals surface area contributed by atoms with Crippen LogP contribution in [-0.4, -0.2) is 18.6 Å². The van der Waals surface area contributed by atoms with Crippen LogP contribution in [0.1, 0.15) is 18.4 Å². The molecule has 2 aromatic carbocycles. The van der Waals surface area contributed by atoms with Crippen molar-refractivity contribution in [3.05, 3.63) is 66.0 Å². The summed E-state index contributed by atoms with van der Waals surface area (Å²) in [5.74, 6) is -0.162. The third-order valence-corrected chi connectivity index (χ3v) is 4.06. The fourth-order valence-corrected chi connectivity index (χ4v) is 2.91. The lowest BCUT2D eigenvalue weighted by atomic mass is 10.0. The molecule has 0 aliphatic carbocycles. The number of nitrogens with one attached hydrogen (secondary N) is 2. The van der Waals surface area contributed by atoms with E-state index in [1.165, 1.54) is 23.4 Å². The molecule has 2 nitrogen and oxygen atoms in total. The van der Waals surface area contributed by atoms with E-state index >= 15 is 0 Å². The van der Waals surface area contributed by atoms with Gasteiger partial charge in [-0.2, -0.15) is 0 Å². The Bertz CT molecular complexity index is 553. The quantitative estimate of drug-likeness (QED) is 0.876. The van der Waals surface area contributed by atoms with Crippen molar-refractivity contribution >= 4 is 5.69 Å². The van der Waals surface area contributed by atoms with E-state index in [1.54, 1.807) is 0 Å². The molecule has 1 saturated heterocycles. The van der Waals surface area contributed by atoms with E-state index in [0.717, 1.165) is 25.8 Å². The number of anilines is 1. The van der Waals surface area contributed by atoms with Crippen molar-refractivity contribution in [2.75, 3.05) is 11.9 Å². The van der Waals surface area contributed by atoms with Gasteiger partial charge in [0.2, 0.25) is 0 Å². The molecule has 1 aliphatic rings. The van der Waals surface area contributed by atoms with Crippen LogP contribution in [0.5, 0.6) is 0 Å². The summed E-state index contributed by atoms with van der Waals surface area (Å²) in [6.07, 6.45) is 3.23. The summed E-state index contributed by atoms with van der Waals surface area (Å²) >= 11 is 0. The van der Waals surface area contributed by atoms with E-state index < -0.39 is 0 Å². The highest BCUT2D eigenvalue weighted by molar-refractivity contribution is 5.43.